The first-order valence-corrected chi connectivity index (χ1v) is 7.94. The van der Waals surface area contributed by atoms with Gasteiger partial charge in [-0.25, -0.2) is 4.98 Å². The van der Waals surface area contributed by atoms with Gasteiger partial charge in [-0.2, -0.15) is 0 Å². The average molecular weight is 312 g/mol. The van der Waals surface area contributed by atoms with Crippen molar-refractivity contribution in [2.45, 2.75) is 6.42 Å². The number of carbonyl (C=O) groups is 1. The normalized spacial score (nSPS) is 10.8. The van der Waals surface area contributed by atoms with Crippen molar-refractivity contribution in [3.05, 3.63) is 59.7 Å². The van der Waals surface area contributed by atoms with Crippen molar-refractivity contribution in [2.24, 2.45) is 0 Å². The Labute approximate surface area is 132 Å². The molecule has 2 N–H and O–H groups in total. The highest BCUT2D eigenvalue weighted by Gasteiger charge is 2.11. The lowest BCUT2D eigenvalue weighted by Gasteiger charge is -2.00. The number of thiazole rings is 1. The lowest BCUT2D eigenvalue weighted by molar-refractivity contribution is 0.103. The molecule has 0 unspecified atom stereocenters. The third-order valence-corrected chi connectivity index (χ3v) is 4.29. The Morgan fingerprint density at radius 3 is 2.73 bits per heavy atom. The smallest absolute Gasteiger partial charge is 0.193 e. The summed E-state index contributed by atoms with van der Waals surface area (Å²) in [4.78, 5) is 16.9. The van der Waals surface area contributed by atoms with E-state index in [1.807, 2.05) is 48.5 Å². The number of hydrogen-bond donors (Lipinski definition) is 2. The van der Waals surface area contributed by atoms with E-state index >= 15 is 0 Å². The zero-order valence-electron chi connectivity index (χ0n) is 12.0. The quantitative estimate of drug-likeness (QED) is 0.541. The van der Waals surface area contributed by atoms with Crippen molar-refractivity contribution < 1.29 is 9.90 Å². The number of aliphatic hydroxyl groups is 1. The summed E-state index contributed by atoms with van der Waals surface area (Å²) < 4.78 is 1.04. The van der Waals surface area contributed by atoms with Gasteiger partial charge in [-0.05, 0) is 24.6 Å². The number of fused-ring (bicyclic) bond motifs is 1. The van der Waals surface area contributed by atoms with Crippen molar-refractivity contribution in [1.82, 2.24) is 4.98 Å². The van der Waals surface area contributed by atoms with Crippen LogP contribution in [0.5, 0.6) is 0 Å². The Morgan fingerprint density at radius 1 is 1.14 bits per heavy atom. The van der Waals surface area contributed by atoms with Crippen LogP contribution in [0.3, 0.4) is 0 Å². The molecule has 0 fully saturated rings. The number of rotatable bonds is 6. The zero-order chi connectivity index (χ0) is 15.4. The molecule has 0 saturated carbocycles. The summed E-state index contributed by atoms with van der Waals surface area (Å²) in [7, 11) is 0. The van der Waals surface area contributed by atoms with E-state index in [1.165, 1.54) is 0 Å². The molecule has 0 bridgehead atoms. The molecule has 1 aromatic heterocycles. The maximum Gasteiger partial charge on any atom is 0.193 e. The van der Waals surface area contributed by atoms with Gasteiger partial charge in [0, 0.05) is 24.3 Å². The van der Waals surface area contributed by atoms with Gasteiger partial charge in [0.2, 0.25) is 0 Å². The second-order valence-electron chi connectivity index (χ2n) is 4.90. The Bertz CT molecular complexity index is 784. The van der Waals surface area contributed by atoms with E-state index in [9.17, 15) is 4.79 Å². The molecule has 0 amide bonds. The lowest BCUT2D eigenvalue weighted by atomic mass is 10.0. The molecule has 0 atom stereocenters. The van der Waals surface area contributed by atoms with Gasteiger partial charge in [0.15, 0.2) is 10.9 Å². The fraction of sp³-hybridized carbons (Fsp3) is 0.176. The van der Waals surface area contributed by atoms with Gasteiger partial charge in [0.1, 0.15) is 0 Å². The van der Waals surface area contributed by atoms with Crippen LogP contribution >= 0.6 is 11.3 Å². The molecule has 0 saturated heterocycles. The summed E-state index contributed by atoms with van der Waals surface area (Å²) >= 11 is 1.55. The van der Waals surface area contributed by atoms with Crippen LogP contribution < -0.4 is 5.32 Å². The highest BCUT2D eigenvalue weighted by Crippen LogP contribution is 2.27. The summed E-state index contributed by atoms with van der Waals surface area (Å²) in [6, 6.07) is 14.8. The van der Waals surface area contributed by atoms with Gasteiger partial charge >= 0.3 is 0 Å². The van der Waals surface area contributed by atoms with Crippen molar-refractivity contribution in [2.75, 3.05) is 18.5 Å². The van der Waals surface area contributed by atoms with Gasteiger partial charge in [0.25, 0.3) is 0 Å². The minimum absolute atomic E-state index is 0.00490. The first-order valence-electron chi connectivity index (χ1n) is 7.13. The molecule has 0 spiro atoms. The first kappa shape index (κ1) is 14.7. The highest BCUT2D eigenvalue weighted by molar-refractivity contribution is 7.22. The van der Waals surface area contributed by atoms with Crippen LogP contribution in [0.2, 0.25) is 0 Å². The SMILES string of the molecule is O=C(c1ccccc1)c1ccc2sc(NCCCO)nc2c1. The molecule has 3 aromatic rings. The number of nitrogens with one attached hydrogen (secondary N) is 1. The molecule has 22 heavy (non-hydrogen) atoms. The van der Waals surface area contributed by atoms with Crippen molar-refractivity contribution in [1.29, 1.82) is 0 Å². The molecular formula is C17H16N2O2S. The predicted octanol–water partition coefficient (Wildman–Crippen LogP) is 3.32. The van der Waals surface area contributed by atoms with Crippen LogP contribution in [-0.4, -0.2) is 29.0 Å². The third kappa shape index (κ3) is 3.16. The Kier molecular flexibility index (Phi) is 4.46. The number of aromatic nitrogens is 1. The van der Waals surface area contributed by atoms with Gasteiger partial charge in [-0.15, -0.1) is 0 Å². The van der Waals surface area contributed by atoms with Crippen LogP contribution in [0, 0.1) is 0 Å². The number of hydrogen-bond acceptors (Lipinski definition) is 5. The monoisotopic (exact) mass is 312 g/mol. The van der Waals surface area contributed by atoms with Crippen LogP contribution in [0.4, 0.5) is 5.13 Å². The van der Waals surface area contributed by atoms with E-state index in [-0.39, 0.29) is 12.4 Å². The van der Waals surface area contributed by atoms with E-state index in [0.29, 0.717) is 24.1 Å². The largest absolute Gasteiger partial charge is 0.396 e. The van der Waals surface area contributed by atoms with Crippen molar-refractivity contribution in [3.8, 4) is 0 Å². The number of anilines is 1. The van der Waals surface area contributed by atoms with Crippen LogP contribution in [0.1, 0.15) is 22.3 Å². The Morgan fingerprint density at radius 2 is 1.95 bits per heavy atom. The van der Waals surface area contributed by atoms with E-state index in [0.717, 1.165) is 15.3 Å². The molecule has 0 aliphatic carbocycles. The molecule has 0 aliphatic heterocycles. The molecular weight excluding hydrogens is 296 g/mol. The Balaban J connectivity index is 1.85. The Hall–Kier alpha value is -2.24. The maximum atomic E-state index is 12.4. The minimum Gasteiger partial charge on any atom is -0.396 e. The van der Waals surface area contributed by atoms with E-state index in [4.69, 9.17) is 5.11 Å². The fourth-order valence-electron chi connectivity index (χ4n) is 2.17. The number of carbonyl (C=O) groups excluding carboxylic acids is 1. The summed E-state index contributed by atoms with van der Waals surface area (Å²) in [6.45, 7) is 0.847. The summed E-state index contributed by atoms with van der Waals surface area (Å²) in [5, 5.41) is 12.8. The van der Waals surface area contributed by atoms with Crippen LogP contribution in [-0.2, 0) is 0 Å². The van der Waals surface area contributed by atoms with Crippen LogP contribution in [0.15, 0.2) is 48.5 Å². The summed E-state index contributed by atoms with van der Waals surface area (Å²) in [6.07, 6.45) is 0.688. The second-order valence-corrected chi connectivity index (χ2v) is 5.93. The van der Waals surface area contributed by atoms with Crippen molar-refractivity contribution in [3.63, 3.8) is 0 Å². The first-order chi connectivity index (χ1) is 10.8. The second kappa shape index (κ2) is 6.68. The molecule has 5 heteroatoms. The average Bonchev–Trinajstić information content (AvgIpc) is 2.97. The maximum absolute atomic E-state index is 12.4. The molecule has 1 heterocycles. The molecule has 4 nitrogen and oxygen atoms in total. The van der Waals surface area contributed by atoms with Gasteiger partial charge in [-0.1, -0.05) is 41.7 Å². The molecule has 0 aliphatic rings. The number of aliphatic hydroxyl groups excluding tert-OH is 1. The lowest BCUT2D eigenvalue weighted by Crippen LogP contribution is -2.02. The number of benzene rings is 2. The third-order valence-electron chi connectivity index (χ3n) is 3.30. The van der Waals surface area contributed by atoms with E-state index in [1.54, 1.807) is 11.3 Å². The molecule has 3 rings (SSSR count). The van der Waals surface area contributed by atoms with Gasteiger partial charge < -0.3 is 10.4 Å². The van der Waals surface area contributed by atoms with E-state index < -0.39 is 0 Å². The molecule has 2 aromatic carbocycles. The van der Waals surface area contributed by atoms with E-state index in [2.05, 4.69) is 10.3 Å². The topological polar surface area (TPSA) is 62.2 Å². The fourth-order valence-corrected chi connectivity index (χ4v) is 3.05. The highest BCUT2D eigenvalue weighted by atomic mass is 32.1. The number of nitrogens with zero attached hydrogens (tertiary/aromatic N) is 1. The van der Waals surface area contributed by atoms with Gasteiger partial charge in [-0.3, -0.25) is 4.79 Å². The van der Waals surface area contributed by atoms with Crippen LogP contribution in [0.25, 0.3) is 10.2 Å². The molecule has 0 radical (unpaired) electrons. The van der Waals surface area contributed by atoms with Gasteiger partial charge in [0.05, 0.1) is 10.2 Å². The van der Waals surface area contributed by atoms with Crippen molar-refractivity contribution >= 4 is 32.5 Å². The zero-order valence-corrected chi connectivity index (χ0v) is 12.8. The number of ketones is 1. The standard InChI is InChI=1S/C17H16N2O2S/c20-10-4-9-18-17-19-14-11-13(7-8-15(14)22-17)16(21)12-5-2-1-3-6-12/h1-3,5-8,11,20H,4,9-10H2,(H,18,19). The predicted molar refractivity (Wildman–Crippen MR) is 89.7 cm³/mol. The minimum atomic E-state index is 0.00490. The molecule has 112 valence electrons. The summed E-state index contributed by atoms with van der Waals surface area (Å²) in [5.74, 6) is 0.00490. The summed E-state index contributed by atoms with van der Waals surface area (Å²) in [5.41, 5.74) is 2.14.